The van der Waals surface area contributed by atoms with Gasteiger partial charge in [0, 0.05) is 11.6 Å². The van der Waals surface area contributed by atoms with Gasteiger partial charge in [-0.05, 0) is 38.4 Å². The molecule has 0 spiro atoms. The first-order chi connectivity index (χ1) is 8.33. The SMILES string of the molecule is CCC(c1ccccc1O)N1CCCCCC1. The Hall–Kier alpha value is -1.02. The van der Waals surface area contributed by atoms with Crippen LogP contribution in [-0.4, -0.2) is 23.1 Å². The fourth-order valence-corrected chi connectivity index (χ4v) is 2.85. The Morgan fingerprint density at radius 1 is 1.12 bits per heavy atom. The summed E-state index contributed by atoms with van der Waals surface area (Å²) in [6, 6.07) is 8.17. The van der Waals surface area contributed by atoms with Crippen molar-refractivity contribution < 1.29 is 5.11 Å². The standard InChI is InChI=1S/C15H23NO/c1-2-14(13-9-5-6-10-15(13)17)16-11-7-3-4-8-12-16/h5-6,9-10,14,17H,2-4,7-8,11-12H2,1H3. The van der Waals surface area contributed by atoms with Crippen LogP contribution in [0.2, 0.25) is 0 Å². The highest BCUT2D eigenvalue weighted by Crippen LogP contribution is 2.32. The molecule has 17 heavy (non-hydrogen) atoms. The largest absolute Gasteiger partial charge is 0.508 e. The zero-order chi connectivity index (χ0) is 12.1. The van der Waals surface area contributed by atoms with Crippen molar-refractivity contribution in [2.24, 2.45) is 0 Å². The molecule has 1 atom stereocenters. The van der Waals surface area contributed by atoms with E-state index in [1.807, 2.05) is 12.1 Å². The minimum atomic E-state index is 0.384. The van der Waals surface area contributed by atoms with Crippen LogP contribution >= 0.6 is 0 Å². The molecule has 2 nitrogen and oxygen atoms in total. The van der Waals surface area contributed by atoms with Gasteiger partial charge in [0.1, 0.15) is 5.75 Å². The van der Waals surface area contributed by atoms with Gasteiger partial charge in [0.25, 0.3) is 0 Å². The second kappa shape index (κ2) is 6.06. The quantitative estimate of drug-likeness (QED) is 0.860. The smallest absolute Gasteiger partial charge is 0.120 e. The summed E-state index contributed by atoms with van der Waals surface area (Å²) in [5.74, 6) is 0.448. The number of phenolic OH excluding ortho intramolecular Hbond substituents is 1. The molecular formula is C15H23NO. The van der Waals surface area contributed by atoms with E-state index in [1.165, 1.54) is 38.8 Å². The van der Waals surface area contributed by atoms with Crippen molar-refractivity contribution >= 4 is 0 Å². The van der Waals surface area contributed by atoms with Gasteiger partial charge in [0.05, 0.1) is 0 Å². The molecule has 1 aliphatic heterocycles. The Labute approximate surface area is 104 Å². The normalized spacial score (nSPS) is 19.8. The number of phenols is 1. The highest BCUT2D eigenvalue weighted by molar-refractivity contribution is 5.34. The van der Waals surface area contributed by atoms with Crippen LogP contribution in [0.5, 0.6) is 5.75 Å². The topological polar surface area (TPSA) is 23.5 Å². The second-order valence-corrected chi connectivity index (χ2v) is 4.93. The molecule has 2 heteroatoms. The fourth-order valence-electron chi connectivity index (χ4n) is 2.85. The highest BCUT2D eigenvalue weighted by atomic mass is 16.3. The summed E-state index contributed by atoms with van der Waals surface area (Å²) >= 11 is 0. The molecule has 1 aromatic rings. The van der Waals surface area contributed by atoms with Crippen LogP contribution in [0.1, 0.15) is 50.6 Å². The predicted octanol–water partition coefficient (Wildman–Crippen LogP) is 3.72. The minimum Gasteiger partial charge on any atom is -0.508 e. The number of aromatic hydroxyl groups is 1. The predicted molar refractivity (Wildman–Crippen MR) is 71.2 cm³/mol. The lowest BCUT2D eigenvalue weighted by molar-refractivity contribution is 0.196. The molecule has 2 rings (SSSR count). The molecule has 0 saturated carbocycles. The van der Waals surface area contributed by atoms with Crippen molar-refractivity contribution in [2.75, 3.05) is 13.1 Å². The Bertz CT molecular complexity index is 343. The number of likely N-dealkylation sites (tertiary alicyclic amines) is 1. The molecule has 1 heterocycles. The van der Waals surface area contributed by atoms with Gasteiger partial charge < -0.3 is 5.11 Å². The van der Waals surface area contributed by atoms with Gasteiger partial charge in [-0.25, -0.2) is 0 Å². The summed E-state index contributed by atoms with van der Waals surface area (Å²) in [6.07, 6.45) is 6.37. The summed E-state index contributed by atoms with van der Waals surface area (Å²) in [6.45, 7) is 4.56. The van der Waals surface area contributed by atoms with Crippen molar-refractivity contribution in [3.63, 3.8) is 0 Å². The Balaban J connectivity index is 2.17. The van der Waals surface area contributed by atoms with Gasteiger partial charge in [0.15, 0.2) is 0 Å². The molecule has 1 unspecified atom stereocenters. The maximum atomic E-state index is 9.99. The van der Waals surface area contributed by atoms with Crippen LogP contribution in [0.25, 0.3) is 0 Å². The molecule has 1 fully saturated rings. The Morgan fingerprint density at radius 3 is 2.35 bits per heavy atom. The number of nitrogens with zero attached hydrogens (tertiary/aromatic N) is 1. The van der Waals surface area contributed by atoms with Crippen molar-refractivity contribution in [3.05, 3.63) is 29.8 Å². The molecule has 1 N–H and O–H groups in total. The monoisotopic (exact) mass is 233 g/mol. The third-order valence-electron chi connectivity index (χ3n) is 3.76. The number of rotatable bonds is 3. The second-order valence-electron chi connectivity index (χ2n) is 4.93. The van der Waals surface area contributed by atoms with E-state index in [9.17, 15) is 5.11 Å². The third kappa shape index (κ3) is 3.01. The summed E-state index contributed by atoms with van der Waals surface area (Å²) in [7, 11) is 0. The van der Waals surface area contributed by atoms with E-state index >= 15 is 0 Å². The average molecular weight is 233 g/mol. The van der Waals surface area contributed by atoms with E-state index in [2.05, 4.69) is 17.9 Å². The maximum absolute atomic E-state index is 9.99. The summed E-state index contributed by atoms with van der Waals surface area (Å²) in [5, 5.41) is 9.99. The zero-order valence-corrected chi connectivity index (χ0v) is 10.7. The molecule has 0 bridgehead atoms. The zero-order valence-electron chi connectivity index (χ0n) is 10.7. The van der Waals surface area contributed by atoms with Gasteiger partial charge in [-0.15, -0.1) is 0 Å². The van der Waals surface area contributed by atoms with Crippen LogP contribution in [0.15, 0.2) is 24.3 Å². The lowest BCUT2D eigenvalue weighted by Crippen LogP contribution is -2.29. The Morgan fingerprint density at radius 2 is 1.76 bits per heavy atom. The van der Waals surface area contributed by atoms with Crippen LogP contribution in [0, 0.1) is 0 Å². The number of hydrogen-bond donors (Lipinski definition) is 1. The molecular weight excluding hydrogens is 210 g/mol. The van der Waals surface area contributed by atoms with Crippen molar-refractivity contribution in [1.82, 2.24) is 4.90 Å². The molecule has 0 amide bonds. The number of hydrogen-bond acceptors (Lipinski definition) is 2. The van der Waals surface area contributed by atoms with E-state index in [1.54, 1.807) is 6.07 Å². The first-order valence-corrected chi connectivity index (χ1v) is 6.85. The van der Waals surface area contributed by atoms with Gasteiger partial charge in [-0.3, -0.25) is 4.90 Å². The van der Waals surface area contributed by atoms with E-state index < -0.39 is 0 Å². The summed E-state index contributed by atoms with van der Waals surface area (Å²) < 4.78 is 0. The van der Waals surface area contributed by atoms with Crippen molar-refractivity contribution in [1.29, 1.82) is 0 Å². The van der Waals surface area contributed by atoms with Crippen LogP contribution < -0.4 is 0 Å². The van der Waals surface area contributed by atoms with Gasteiger partial charge in [-0.1, -0.05) is 38.0 Å². The minimum absolute atomic E-state index is 0.384. The molecule has 1 saturated heterocycles. The molecule has 1 aliphatic rings. The number of para-hydroxylation sites is 1. The first-order valence-electron chi connectivity index (χ1n) is 6.85. The van der Waals surface area contributed by atoms with E-state index in [0.29, 0.717) is 11.8 Å². The lowest BCUT2D eigenvalue weighted by Gasteiger charge is -2.30. The molecule has 0 aromatic heterocycles. The maximum Gasteiger partial charge on any atom is 0.120 e. The van der Waals surface area contributed by atoms with Gasteiger partial charge >= 0.3 is 0 Å². The van der Waals surface area contributed by atoms with Gasteiger partial charge in [-0.2, -0.15) is 0 Å². The number of benzene rings is 1. The first kappa shape index (κ1) is 12.4. The van der Waals surface area contributed by atoms with Crippen molar-refractivity contribution in [3.8, 4) is 5.75 Å². The van der Waals surface area contributed by atoms with E-state index in [-0.39, 0.29) is 0 Å². The molecule has 0 radical (unpaired) electrons. The van der Waals surface area contributed by atoms with E-state index in [0.717, 1.165) is 12.0 Å². The third-order valence-corrected chi connectivity index (χ3v) is 3.76. The highest BCUT2D eigenvalue weighted by Gasteiger charge is 2.21. The average Bonchev–Trinajstić information content (AvgIpc) is 2.62. The molecule has 1 aromatic carbocycles. The summed E-state index contributed by atoms with van der Waals surface area (Å²) in [4.78, 5) is 2.54. The molecule has 0 aliphatic carbocycles. The van der Waals surface area contributed by atoms with Crippen LogP contribution in [0.4, 0.5) is 0 Å². The summed E-state index contributed by atoms with van der Waals surface area (Å²) in [5.41, 5.74) is 1.09. The lowest BCUT2D eigenvalue weighted by atomic mass is 10.0. The molecule has 94 valence electrons. The van der Waals surface area contributed by atoms with Crippen LogP contribution in [-0.2, 0) is 0 Å². The van der Waals surface area contributed by atoms with E-state index in [4.69, 9.17) is 0 Å². The fraction of sp³-hybridized carbons (Fsp3) is 0.600. The van der Waals surface area contributed by atoms with Crippen molar-refractivity contribution in [2.45, 2.75) is 45.1 Å². The van der Waals surface area contributed by atoms with Crippen LogP contribution in [0.3, 0.4) is 0 Å². The Kier molecular flexibility index (Phi) is 4.43. The van der Waals surface area contributed by atoms with Gasteiger partial charge in [0.2, 0.25) is 0 Å².